The van der Waals surface area contributed by atoms with E-state index in [4.69, 9.17) is 4.74 Å². The number of carboxylic acid groups (broad SMARTS) is 1. The number of ether oxygens (including phenoxy) is 1. The van der Waals surface area contributed by atoms with Gasteiger partial charge in [0.05, 0.1) is 12.8 Å². The molecule has 0 aromatic heterocycles. The van der Waals surface area contributed by atoms with Crippen molar-refractivity contribution in [2.75, 3.05) is 25.1 Å². The van der Waals surface area contributed by atoms with Crippen LogP contribution in [0.2, 0.25) is 0 Å². The van der Waals surface area contributed by atoms with Crippen LogP contribution in [0.25, 0.3) is 0 Å². The molecule has 0 aliphatic carbocycles. The van der Waals surface area contributed by atoms with Crippen LogP contribution < -0.4 is 15.0 Å². The predicted molar refractivity (Wildman–Crippen MR) is 107 cm³/mol. The zero-order valence-electron chi connectivity index (χ0n) is 16.3. The third kappa shape index (κ3) is 4.31. The van der Waals surface area contributed by atoms with E-state index in [1.165, 1.54) is 23.8 Å². The van der Waals surface area contributed by atoms with Gasteiger partial charge in [-0.15, -0.1) is 0 Å². The number of hydrogen-bond donors (Lipinski definition) is 2. The Labute approximate surface area is 168 Å². The Morgan fingerprint density at radius 3 is 2.55 bits per heavy atom. The molecule has 3 amide bonds. The van der Waals surface area contributed by atoms with Gasteiger partial charge in [-0.2, -0.15) is 0 Å². The van der Waals surface area contributed by atoms with Crippen LogP contribution in [0.15, 0.2) is 48.5 Å². The highest BCUT2D eigenvalue weighted by Crippen LogP contribution is 2.31. The standard InChI is InChI=1S/C21H23N3O5/c1-14(20(26)27)24(13-15-6-4-3-5-7-15)19(25)16-8-9-18(29-2)17(12-16)23-11-10-22-21(23)28/h3-9,12,14H,10-11,13H2,1-2H3,(H,22,28)(H,26,27). The summed E-state index contributed by atoms with van der Waals surface area (Å²) in [7, 11) is 1.49. The molecule has 29 heavy (non-hydrogen) atoms. The average Bonchev–Trinajstić information content (AvgIpc) is 3.17. The molecular formula is C21H23N3O5. The zero-order chi connectivity index (χ0) is 21.0. The fourth-order valence-electron chi connectivity index (χ4n) is 3.20. The van der Waals surface area contributed by atoms with E-state index in [1.54, 1.807) is 18.2 Å². The minimum Gasteiger partial charge on any atom is -0.495 e. The highest BCUT2D eigenvalue weighted by molar-refractivity contribution is 6.00. The van der Waals surface area contributed by atoms with Crippen molar-refractivity contribution in [1.82, 2.24) is 10.2 Å². The lowest BCUT2D eigenvalue weighted by atomic mass is 10.1. The van der Waals surface area contributed by atoms with Gasteiger partial charge >= 0.3 is 12.0 Å². The molecular weight excluding hydrogens is 374 g/mol. The van der Waals surface area contributed by atoms with Crippen LogP contribution in [0.4, 0.5) is 10.5 Å². The summed E-state index contributed by atoms with van der Waals surface area (Å²) in [6.07, 6.45) is 0. The third-order valence-electron chi connectivity index (χ3n) is 4.85. The van der Waals surface area contributed by atoms with E-state index in [1.807, 2.05) is 30.3 Å². The van der Waals surface area contributed by atoms with Gasteiger partial charge < -0.3 is 20.1 Å². The molecule has 1 aliphatic heterocycles. The molecule has 0 radical (unpaired) electrons. The largest absolute Gasteiger partial charge is 0.495 e. The fourth-order valence-corrected chi connectivity index (χ4v) is 3.20. The Bertz CT molecular complexity index is 916. The first-order valence-electron chi connectivity index (χ1n) is 9.23. The summed E-state index contributed by atoms with van der Waals surface area (Å²) in [6.45, 7) is 2.57. The Morgan fingerprint density at radius 1 is 1.24 bits per heavy atom. The van der Waals surface area contributed by atoms with Crippen LogP contribution >= 0.6 is 0 Å². The molecule has 1 heterocycles. The van der Waals surface area contributed by atoms with Gasteiger partial charge in [0.25, 0.3) is 5.91 Å². The average molecular weight is 397 g/mol. The minimum atomic E-state index is -1.10. The van der Waals surface area contributed by atoms with Crippen LogP contribution in [0, 0.1) is 0 Å². The van der Waals surface area contributed by atoms with Gasteiger partial charge in [0.15, 0.2) is 0 Å². The van der Waals surface area contributed by atoms with E-state index in [2.05, 4.69) is 5.32 Å². The van der Waals surface area contributed by atoms with Gasteiger partial charge in [-0.3, -0.25) is 9.69 Å². The number of amides is 3. The van der Waals surface area contributed by atoms with E-state index >= 15 is 0 Å². The first-order chi connectivity index (χ1) is 13.9. The number of nitrogens with zero attached hydrogens (tertiary/aromatic N) is 2. The molecule has 8 heteroatoms. The number of hydrogen-bond acceptors (Lipinski definition) is 4. The Hall–Kier alpha value is -3.55. The molecule has 1 unspecified atom stereocenters. The maximum atomic E-state index is 13.2. The normalized spacial score (nSPS) is 14.3. The lowest BCUT2D eigenvalue weighted by Gasteiger charge is -2.27. The number of anilines is 1. The van der Waals surface area contributed by atoms with Crippen molar-refractivity contribution in [3.05, 3.63) is 59.7 Å². The van der Waals surface area contributed by atoms with Gasteiger partial charge in [-0.1, -0.05) is 30.3 Å². The second kappa shape index (κ2) is 8.64. The number of aliphatic carboxylic acids is 1. The highest BCUT2D eigenvalue weighted by atomic mass is 16.5. The summed E-state index contributed by atoms with van der Waals surface area (Å²) in [4.78, 5) is 39.7. The van der Waals surface area contributed by atoms with Crippen molar-refractivity contribution in [2.24, 2.45) is 0 Å². The Balaban J connectivity index is 1.96. The van der Waals surface area contributed by atoms with E-state index in [0.717, 1.165) is 5.56 Å². The molecule has 1 saturated heterocycles. The topological polar surface area (TPSA) is 99.2 Å². The summed E-state index contributed by atoms with van der Waals surface area (Å²) in [5.74, 6) is -1.08. The monoisotopic (exact) mass is 397 g/mol. The maximum Gasteiger partial charge on any atom is 0.326 e. The maximum absolute atomic E-state index is 13.2. The lowest BCUT2D eigenvalue weighted by molar-refractivity contribution is -0.141. The van der Waals surface area contributed by atoms with Gasteiger partial charge in [0, 0.05) is 25.2 Å². The SMILES string of the molecule is COc1ccc(C(=O)N(Cc2ccccc2)C(C)C(=O)O)cc1N1CCNC1=O. The molecule has 8 nitrogen and oxygen atoms in total. The first kappa shape index (κ1) is 20.2. The number of carboxylic acids is 1. The Kier molecular flexibility index (Phi) is 6.01. The molecule has 152 valence electrons. The molecule has 2 aromatic carbocycles. The summed E-state index contributed by atoms with van der Waals surface area (Å²) in [5.41, 5.74) is 1.57. The second-order valence-electron chi connectivity index (χ2n) is 6.70. The van der Waals surface area contributed by atoms with Crippen molar-refractivity contribution < 1.29 is 24.2 Å². The molecule has 2 aromatic rings. The first-order valence-corrected chi connectivity index (χ1v) is 9.23. The zero-order valence-corrected chi connectivity index (χ0v) is 16.3. The minimum absolute atomic E-state index is 0.151. The van der Waals surface area contributed by atoms with Gasteiger partial charge in [0.2, 0.25) is 0 Å². The van der Waals surface area contributed by atoms with E-state index in [0.29, 0.717) is 24.5 Å². The van der Waals surface area contributed by atoms with Gasteiger partial charge in [0.1, 0.15) is 11.8 Å². The summed E-state index contributed by atoms with van der Waals surface area (Å²) in [6, 6.07) is 12.7. The molecule has 1 fully saturated rings. The molecule has 1 aliphatic rings. The van der Waals surface area contributed by atoms with Gasteiger partial charge in [-0.05, 0) is 30.7 Å². The Morgan fingerprint density at radius 2 is 1.97 bits per heavy atom. The van der Waals surface area contributed by atoms with Crippen molar-refractivity contribution >= 4 is 23.6 Å². The molecule has 2 N–H and O–H groups in total. The number of carbonyl (C=O) groups is 3. The van der Waals surface area contributed by atoms with Gasteiger partial charge in [-0.25, -0.2) is 9.59 Å². The number of methoxy groups -OCH3 is 1. The molecule has 3 rings (SSSR count). The van der Waals surface area contributed by atoms with Crippen molar-refractivity contribution in [3.8, 4) is 5.75 Å². The van der Waals surface area contributed by atoms with Crippen LogP contribution in [0.3, 0.4) is 0 Å². The van der Waals surface area contributed by atoms with Crippen LogP contribution in [0.5, 0.6) is 5.75 Å². The third-order valence-corrected chi connectivity index (χ3v) is 4.85. The van der Waals surface area contributed by atoms with E-state index in [-0.39, 0.29) is 18.1 Å². The number of urea groups is 1. The highest BCUT2D eigenvalue weighted by Gasteiger charge is 2.29. The number of benzene rings is 2. The second-order valence-corrected chi connectivity index (χ2v) is 6.70. The van der Waals surface area contributed by atoms with Crippen LogP contribution in [-0.4, -0.2) is 54.2 Å². The number of nitrogens with one attached hydrogen (secondary N) is 1. The number of carbonyl (C=O) groups excluding carboxylic acids is 2. The van der Waals surface area contributed by atoms with Crippen LogP contribution in [-0.2, 0) is 11.3 Å². The summed E-state index contributed by atoms with van der Waals surface area (Å²) in [5, 5.41) is 12.2. The smallest absolute Gasteiger partial charge is 0.326 e. The van der Waals surface area contributed by atoms with Crippen LogP contribution in [0.1, 0.15) is 22.8 Å². The number of rotatable bonds is 7. The lowest BCUT2D eigenvalue weighted by Crippen LogP contribution is -2.42. The fraction of sp³-hybridized carbons (Fsp3) is 0.286. The predicted octanol–water partition coefficient (Wildman–Crippen LogP) is 2.34. The molecule has 1 atom stereocenters. The quantitative estimate of drug-likeness (QED) is 0.747. The summed E-state index contributed by atoms with van der Waals surface area (Å²) < 4.78 is 5.34. The van der Waals surface area contributed by atoms with Crippen molar-refractivity contribution in [1.29, 1.82) is 0 Å². The van der Waals surface area contributed by atoms with Crippen molar-refractivity contribution in [3.63, 3.8) is 0 Å². The van der Waals surface area contributed by atoms with E-state index in [9.17, 15) is 19.5 Å². The summed E-state index contributed by atoms with van der Waals surface area (Å²) >= 11 is 0. The molecule has 0 spiro atoms. The van der Waals surface area contributed by atoms with E-state index < -0.39 is 17.9 Å². The van der Waals surface area contributed by atoms with Crippen molar-refractivity contribution in [2.45, 2.75) is 19.5 Å². The molecule has 0 saturated carbocycles. The molecule has 0 bridgehead atoms.